The molecule has 2 aromatic rings. The first-order valence-electron chi connectivity index (χ1n) is 6.48. The molecular weight excluding hydrogens is 262 g/mol. The summed E-state index contributed by atoms with van der Waals surface area (Å²) in [6, 6.07) is 0.105. The SMILES string of the molecule is COc1nc2sccn2c1CNC(CO)CC(C)C. The minimum atomic E-state index is 0.105. The maximum Gasteiger partial charge on any atom is 0.237 e. The van der Waals surface area contributed by atoms with Crippen molar-refractivity contribution >= 4 is 16.3 Å². The van der Waals surface area contributed by atoms with Gasteiger partial charge in [-0.3, -0.25) is 4.40 Å². The fraction of sp³-hybridized carbons (Fsp3) is 0.615. The second-order valence-electron chi connectivity index (χ2n) is 5.01. The standard InChI is InChI=1S/C13H21N3O2S/c1-9(2)6-10(8-17)14-7-11-12(18-3)15-13-16(11)4-5-19-13/h4-5,9-10,14,17H,6-8H2,1-3H3. The van der Waals surface area contributed by atoms with Crippen molar-refractivity contribution < 1.29 is 9.84 Å². The van der Waals surface area contributed by atoms with Crippen LogP contribution in [0.2, 0.25) is 0 Å². The lowest BCUT2D eigenvalue weighted by atomic mass is 10.0. The van der Waals surface area contributed by atoms with Gasteiger partial charge in [-0.25, -0.2) is 0 Å². The van der Waals surface area contributed by atoms with E-state index in [1.165, 1.54) is 0 Å². The topological polar surface area (TPSA) is 58.8 Å². The molecule has 0 saturated heterocycles. The maximum atomic E-state index is 9.39. The Hall–Kier alpha value is -1.11. The van der Waals surface area contributed by atoms with Gasteiger partial charge in [0, 0.05) is 24.2 Å². The van der Waals surface area contributed by atoms with Crippen molar-refractivity contribution in [3.63, 3.8) is 0 Å². The molecule has 0 aliphatic heterocycles. The zero-order valence-corrected chi connectivity index (χ0v) is 12.4. The highest BCUT2D eigenvalue weighted by atomic mass is 32.1. The molecule has 2 heterocycles. The average molecular weight is 283 g/mol. The molecule has 0 saturated carbocycles. The number of rotatable bonds is 7. The Kier molecular flexibility index (Phi) is 4.79. The number of hydrogen-bond donors (Lipinski definition) is 2. The van der Waals surface area contributed by atoms with E-state index in [1.807, 2.05) is 16.0 Å². The van der Waals surface area contributed by atoms with Crippen LogP contribution in [0.1, 0.15) is 26.0 Å². The van der Waals surface area contributed by atoms with E-state index in [4.69, 9.17) is 4.74 Å². The normalized spacial score (nSPS) is 13.3. The predicted octanol–water partition coefficient (Wildman–Crippen LogP) is 1.90. The number of hydrogen-bond acceptors (Lipinski definition) is 5. The lowest BCUT2D eigenvalue weighted by Gasteiger charge is -2.18. The number of aromatic nitrogens is 2. The molecule has 1 atom stereocenters. The van der Waals surface area contributed by atoms with Gasteiger partial charge in [0.1, 0.15) is 5.69 Å². The monoisotopic (exact) mass is 283 g/mol. The predicted molar refractivity (Wildman–Crippen MR) is 76.8 cm³/mol. The molecule has 5 nitrogen and oxygen atoms in total. The van der Waals surface area contributed by atoms with Crippen molar-refractivity contribution in [3.05, 3.63) is 17.3 Å². The zero-order chi connectivity index (χ0) is 13.8. The number of methoxy groups -OCH3 is 1. The van der Waals surface area contributed by atoms with Gasteiger partial charge in [-0.1, -0.05) is 13.8 Å². The highest BCUT2D eigenvalue weighted by Crippen LogP contribution is 2.23. The third-order valence-corrected chi connectivity index (χ3v) is 3.81. The molecule has 6 heteroatoms. The van der Waals surface area contributed by atoms with Crippen molar-refractivity contribution in [1.29, 1.82) is 0 Å². The van der Waals surface area contributed by atoms with Crippen LogP contribution in [-0.2, 0) is 6.54 Å². The Labute approximate surface area is 117 Å². The van der Waals surface area contributed by atoms with Gasteiger partial charge in [0.25, 0.3) is 0 Å². The number of fused-ring (bicyclic) bond motifs is 1. The minimum absolute atomic E-state index is 0.105. The summed E-state index contributed by atoms with van der Waals surface area (Å²) in [5, 5.41) is 14.8. The summed E-state index contributed by atoms with van der Waals surface area (Å²) in [6.45, 7) is 5.09. The van der Waals surface area contributed by atoms with Crippen molar-refractivity contribution in [2.24, 2.45) is 5.92 Å². The second kappa shape index (κ2) is 6.36. The third-order valence-electron chi connectivity index (χ3n) is 3.05. The number of aliphatic hydroxyl groups is 1. The van der Waals surface area contributed by atoms with E-state index in [1.54, 1.807) is 18.4 Å². The van der Waals surface area contributed by atoms with Crippen molar-refractivity contribution in [2.45, 2.75) is 32.9 Å². The lowest BCUT2D eigenvalue weighted by molar-refractivity contribution is 0.222. The fourth-order valence-corrected chi connectivity index (χ4v) is 2.89. The number of nitrogens with one attached hydrogen (secondary N) is 1. The summed E-state index contributed by atoms with van der Waals surface area (Å²) in [7, 11) is 1.63. The van der Waals surface area contributed by atoms with Crippen LogP contribution in [0.5, 0.6) is 5.88 Å². The largest absolute Gasteiger partial charge is 0.480 e. The summed E-state index contributed by atoms with van der Waals surface area (Å²) in [5.74, 6) is 1.21. The molecule has 106 valence electrons. The third kappa shape index (κ3) is 3.26. The van der Waals surface area contributed by atoms with Crippen molar-refractivity contribution in [2.75, 3.05) is 13.7 Å². The molecule has 0 aliphatic carbocycles. The Morgan fingerprint density at radius 3 is 2.95 bits per heavy atom. The van der Waals surface area contributed by atoms with E-state index in [0.717, 1.165) is 17.1 Å². The average Bonchev–Trinajstić information content (AvgIpc) is 2.94. The van der Waals surface area contributed by atoms with Gasteiger partial charge in [0.2, 0.25) is 5.88 Å². The molecule has 0 amide bonds. The summed E-state index contributed by atoms with van der Waals surface area (Å²) < 4.78 is 7.34. The number of nitrogens with zero attached hydrogens (tertiary/aromatic N) is 2. The molecule has 0 bridgehead atoms. The van der Waals surface area contributed by atoms with Crippen molar-refractivity contribution in [3.8, 4) is 5.88 Å². The Bertz CT molecular complexity index is 521. The first-order valence-corrected chi connectivity index (χ1v) is 7.36. The highest BCUT2D eigenvalue weighted by molar-refractivity contribution is 7.15. The molecule has 19 heavy (non-hydrogen) atoms. The first-order chi connectivity index (χ1) is 9.15. The van der Waals surface area contributed by atoms with Gasteiger partial charge in [-0.15, -0.1) is 11.3 Å². The van der Waals surface area contributed by atoms with Crippen LogP contribution < -0.4 is 10.1 Å². The van der Waals surface area contributed by atoms with E-state index in [-0.39, 0.29) is 12.6 Å². The molecule has 0 aromatic carbocycles. The van der Waals surface area contributed by atoms with Gasteiger partial charge < -0.3 is 15.2 Å². The van der Waals surface area contributed by atoms with Crippen LogP contribution in [0, 0.1) is 5.92 Å². The molecule has 0 fully saturated rings. The Morgan fingerprint density at radius 2 is 2.32 bits per heavy atom. The van der Waals surface area contributed by atoms with Crippen LogP contribution >= 0.6 is 11.3 Å². The molecular formula is C13H21N3O2S. The lowest BCUT2D eigenvalue weighted by Crippen LogP contribution is -2.33. The Balaban J connectivity index is 2.09. The van der Waals surface area contributed by atoms with Crippen LogP contribution in [0.25, 0.3) is 4.96 Å². The number of imidazole rings is 1. The smallest absolute Gasteiger partial charge is 0.237 e. The van der Waals surface area contributed by atoms with E-state index in [2.05, 4.69) is 24.1 Å². The number of thiazole rings is 1. The zero-order valence-electron chi connectivity index (χ0n) is 11.6. The molecule has 2 aromatic heterocycles. The summed E-state index contributed by atoms with van der Waals surface area (Å²) >= 11 is 1.58. The van der Waals surface area contributed by atoms with Crippen LogP contribution in [-0.4, -0.2) is 34.2 Å². The van der Waals surface area contributed by atoms with Gasteiger partial charge >= 0.3 is 0 Å². The minimum Gasteiger partial charge on any atom is -0.480 e. The molecule has 0 aliphatic rings. The van der Waals surface area contributed by atoms with E-state index < -0.39 is 0 Å². The second-order valence-corrected chi connectivity index (χ2v) is 5.89. The van der Waals surface area contributed by atoms with Gasteiger partial charge in [-0.2, -0.15) is 4.98 Å². The molecule has 2 rings (SSSR count). The number of aliphatic hydroxyl groups excluding tert-OH is 1. The van der Waals surface area contributed by atoms with Gasteiger partial charge in [-0.05, 0) is 12.3 Å². The van der Waals surface area contributed by atoms with Crippen LogP contribution in [0.3, 0.4) is 0 Å². The molecule has 1 unspecified atom stereocenters. The highest BCUT2D eigenvalue weighted by Gasteiger charge is 2.16. The van der Waals surface area contributed by atoms with E-state index in [0.29, 0.717) is 18.3 Å². The van der Waals surface area contributed by atoms with Gasteiger partial charge in [0.05, 0.1) is 13.7 Å². The quantitative estimate of drug-likeness (QED) is 0.815. The summed E-state index contributed by atoms with van der Waals surface area (Å²) in [6.07, 6.45) is 2.94. The first kappa shape index (κ1) is 14.3. The fourth-order valence-electron chi connectivity index (χ4n) is 2.17. The molecule has 2 N–H and O–H groups in total. The summed E-state index contributed by atoms with van der Waals surface area (Å²) in [5.41, 5.74) is 1.00. The molecule has 0 spiro atoms. The Morgan fingerprint density at radius 1 is 1.53 bits per heavy atom. The van der Waals surface area contributed by atoms with Crippen LogP contribution in [0.15, 0.2) is 11.6 Å². The van der Waals surface area contributed by atoms with Crippen molar-refractivity contribution in [1.82, 2.24) is 14.7 Å². The van der Waals surface area contributed by atoms with Crippen LogP contribution in [0.4, 0.5) is 0 Å². The molecule has 0 radical (unpaired) electrons. The maximum absolute atomic E-state index is 9.39. The van der Waals surface area contributed by atoms with E-state index in [9.17, 15) is 5.11 Å². The number of ether oxygens (including phenoxy) is 1. The van der Waals surface area contributed by atoms with E-state index >= 15 is 0 Å². The summed E-state index contributed by atoms with van der Waals surface area (Å²) in [4.78, 5) is 5.34. The van der Waals surface area contributed by atoms with Gasteiger partial charge in [0.15, 0.2) is 4.96 Å².